The number of sulfonamides is 1. The maximum Gasteiger partial charge on any atom is 0.243 e. The smallest absolute Gasteiger partial charge is 0.243 e. The molecule has 0 saturated carbocycles. The molecular formula is C23H25N3O4S. The van der Waals surface area contributed by atoms with Crippen molar-refractivity contribution in [1.29, 1.82) is 0 Å². The molecule has 2 aromatic rings. The summed E-state index contributed by atoms with van der Waals surface area (Å²) in [6.45, 7) is 1.88. The van der Waals surface area contributed by atoms with Gasteiger partial charge >= 0.3 is 0 Å². The number of carbonyl (C=O) groups is 2. The Bertz CT molecular complexity index is 1140. The molecule has 2 aliphatic heterocycles. The van der Waals surface area contributed by atoms with Crippen LogP contribution < -0.4 is 0 Å². The number of benzene rings is 2. The lowest BCUT2D eigenvalue weighted by Gasteiger charge is -2.35. The number of likely N-dealkylation sites (tertiary alicyclic amines) is 1. The predicted octanol–water partition coefficient (Wildman–Crippen LogP) is 2.05. The van der Waals surface area contributed by atoms with Crippen LogP contribution in [-0.4, -0.2) is 67.2 Å². The van der Waals surface area contributed by atoms with Gasteiger partial charge in [-0.05, 0) is 35.7 Å². The SMILES string of the molecule is O=C1[C@@H]2CC=CC[C@H]2C(=O)N1CN1CCN(S(=O)(=O)c2ccc3ccccc3c2)CC1. The molecule has 162 valence electrons. The Balaban J connectivity index is 1.25. The molecule has 31 heavy (non-hydrogen) atoms. The molecule has 2 saturated heterocycles. The Kier molecular flexibility index (Phi) is 5.16. The van der Waals surface area contributed by atoms with Gasteiger partial charge in [0.1, 0.15) is 0 Å². The molecule has 1 aliphatic carbocycles. The van der Waals surface area contributed by atoms with Crippen molar-refractivity contribution < 1.29 is 18.0 Å². The van der Waals surface area contributed by atoms with Crippen molar-refractivity contribution in [2.75, 3.05) is 32.8 Å². The number of nitrogens with zero attached hydrogens (tertiary/aromatic N) is 3. The maximum absolute atomic E-state index is 13.1. The van der Waals surface area contributed by atoms with Crippen LogP contribution in [0.1, 0.15) is 12.8 Å². The number of amides is 2. The fraction of sp³-hybridized carbons (Fsp3) is 0.391. The molecule has 0 N–H and O–H groups in total. The van der Waals surface area contributed by atoms with Gasteiger partial charge in [-0.3, -0.25) is 19.4 Å². The van der Waals surface area contributed by atoms with Crippen LogP contribution >= 0.6 is 0 Å². The number of hydrogen-bond acceptors (Lipinski definition) is 5. The van der Waals surface area contributed by atoms with E-state index in [-0.39, 0.29) is 30.3 Å². The van der Waals surface area contributed by atoms with Crippen molar-refractivity contribution in [3.05, 3.63) is 54.6 Å². The first-order valence-corrected chi connectivity index (χ1v) is 12.1. The topological polar surface area (TPSA) is 78.0 Å². The highest BCUT2D eigenvalue weighted by Gasteiger charge is 2.47. The number of allylic oxidation sites excluding steroid dienone is 2. The van der Waals surface area contributed by atoms with Gasteiger partial charge < -0.3 is 0 Å². The third kappa shape index (κ3) is 3.58. The van der Waals surface area contributed by atoms with Crippen LogP contribution in [0.5, 0.6) is 0 Å². The highest BCUT2D eigenvalue weighted by atomic mass is 32.2. The van der Waals surface area contributed by atoms with Gasteiger partial charge in [-0.25, -0.2) is 8.42 Å². The molecule has 0 aromatic heterocycles. The monoisotopic (exact) mass is 439 g/mol. The van der Waals surface area contributed by atoms with E-state index < -0.39 is 10.0 Å². The number of hydrogen-bond donors (Lipinski definition) is 0. The zero-order valence-electron chi connectivity index (χ0n) is 17.2. The Hall–Kier alpha value is -2.55. The van der Waals surface area contributed by atoms with Crippen LogP contribution in [0.15, 0.2) is 59.5 Å². The van der Waals surface area contributed by atoms with Gasteiger partial charge in [-0.2, -0.15) is 4.31 Å². The van der Waals surface area contributed by atoms with E-state index in [2.05, 4.69) is 0 Å². The van der Waals surface area contributed by atoms with Crippen molar-refractivity contribution in [2.45, 2.75) is 17.7 Å². The lowest BCUT2D eigenvalue weighted by molar-refractivity contribution is -0.142. The fourth-order valence-electron chi connectivity index (χ4n) is 4.80. The van der Waals surface area contributed by atoms with Crippen LogP contribution in [-0.2, 0) is 19.6 Å². The molecule has 3 aliphatic rings. The predicted molar refractivity (Wildman–Crippen MR) is 116 cm³/mol. The average Bonchev–Trinajstić information content (AvgIpc) is 3.04. The largest absolute Gasteiger partial charge is 0.283 e. The van der Waals surface area contributed by atoms with Crippen molar-refractivity contribution in [2.24, 2.45) is 11.8 Å². The highest BCUT2D eigenvalue weighted by molar-refractivity contribution is 7.89. The van der Waals surface area contributed by atoms with Crippen LogP contribution in [0.4, 0.5) is 0 Å². The zero-order valence-corrected chi connectivity index (χ0v) is 18.0. The Morgan fingerprint density at radius 1 is 0.806 bits per heavy atom. The summed E-state index contributed by atoms with van der Waals surface area (Å²) in [6, 6.07) is 12.9. The third-order valence-electron chi connectivity index (χ3n) is 6.63. The summed E-state index contributed by atoms with van der Waals surface area (Å²) < 4.78 is 27.8. The molecule has 0 unspecified atom stereocenters. The van der Waals surface area contributed by atoms with Gasteiger partial charge in [0.05, 0.1) is 23.4 Å². The van der Waals surface area contributed by atoms with E-state index in [1.165, 1.54) is 9.21 Å². The minimum absolute atomic E-state index is 0.0921. The van der Waals surface area contributed by atoms with Crippen LogP contribution in [0.25, 0.3) is 10.8 Å². The Morgan fingerprint density at radius 3 is 2.06 bits per heavy atom. The van der Waals surface area contributed by atoms with E-state index in [1.807, 2.05) is 47.4 Å². The standard InChI is InChI=1S/C23H25N3O4S/c27-22-20-7-3-4-8-21(20)23(28)26(22)16-24-11-13-25(14-12-24)31(29,30)19-10-9-17-5-1-2-6-18(17)15-19/h1-6,9-10,15,20-21H,7-8,11-14,16H2/t20-,21-/m1/s1. The van der Waals surface area contributed by atoms with Crippen LogP contribution in [0, 0.1) is 11.8 Å². The first kappa shape index (κ1) is 20.4. The van der Waals surface area contributed by atoms with Gasteiger partial charge in [0.15, 0.2) is 0 Å². The second-order valence-electron chi connectivity index (χ2n) is 8.43. The van der Waals surface area contributed by atoms with Gasteiger partial charge in [0.2, 0.25) is 21.8 Å². The molecule has 0 radical (unpaired) electrons. The molecule has 2 amide bonds. The molecule has 5 rings (SSSR count). The van der Waals surface area contributed by atoms with E-state index in [0.29, 0.717) is 43.9 Å². The van der Waals surface area contributed by atoms with E-state index in [4.69, 9.17) is 0 Å². The molecule has 2 atom stereocenters. The van der Waals surface area contributed by atoms with Gasteiger partial charge in [0, 0.05) is 26.2 Å². The van der Waals surface area contributed by atoms with Gasteiger partial charge in [0.25, 0.3) is 0 Å². The number of imide groups is 1. The molecule has 2 heterocycles. The van der Waals surface area contributed by atoms with Crippen LogP contribution in [0.2, 0.25) is 0 Å². The zero-order chi connectivity index (χ0) is 21.6. The van der Waals surface area contributed by atoms with Crippen molar-refractivity contribution in [3.8, 4) is 0 Å². The summed E-state index contributed by atoms with van der Waals surface area (Å²) in [4.78, 5) is 29.0. The van der Waals surface area contributed by atoms with Crippen molar-refractivity contribution >= 4 is 32.6 Å². The molecule has 2 fully saturated rings. The molecule has 2 aromatic carbocycles. The first-order chi connectivity index (χ1) is 14.9. The summed E-state index contributed by atoms with van der Waals surface area (Å²) in [5, 5.41) is 1.89. The number of carbonyl (C=O) groups excluding carboxylic acids is 2. The molecule has 7 nitrogen and oxygen atoms in total. The number of piperazine rings is 1. The quantitative estimate of drug-likeness (QED) is 0.538. The lowest BCUT2D eigenvalue weighted by Crippen LogP contribution is -2.52. The molecular weight excluding hydrogens is 414 g/mol. The summed E-state index contributed by atoms with van der Waals surface area (Å²) in [6.07, 6.45) is 5.21. The van der Waals surface area contributed by atoms with Crippen molar-refractivity contribution in [1.82, 2.24) is 14.1 Å². The molecule has 8 heteroatoms. The minimum Gasteiger partial charge on any atom is -0.283 e. The number of fused-ring (bicyclic) bond motifs is 2. The minimum atomic E-state index is -3.59. The van der Waals surface area contributed by atoms with Gasteiger partial charge in [-0.1, -0.05) is 42.5 Å². The molecule has 0 bridgehead atoms. The summed E-state index contributed by atoms with van der Waals surface area (Å²) in [7, 11) is -3.59. The lowest BCUT2D eigenvalue weighted by atomic mass is 9.85. The van der Waals surface area contributed by atoms with Gasteiger partial charge in [-0.15, -0.1) is 0 Å². The third-order valence-corrected chi connectivity index (χ3v) is 8.52. The van der Waals surface area contributed by atoms with Crippen LogP contribution in [0.3, 0.4) is 0 Å². The normalized spacial score (nSPS) is 25.4. The van der Waals surface area contributed by atoms with Crippen molar-refractivity contribution in [3.63, 3.8) is 0 Å². The summed E-state index contributed by atoms with van der Waals surface area (Å²) >= 11 is 0. The summed E-state index contributed by atoms with van der Waals surface area (Å²) in [5.41, 5.74) is 0. The summed E-state index contributed by atoms with van der Waals surface area (Å²) in [5.74, 6) is -0.643. The van der Waals surface area contributed by atoms with E-state index in [0.717, 1.165) is 10.8 Å². The highest BCUT2D eigenvalue weighted by Crippen LogP contribution is 2.35. The molecule has 0 spiro atoms. The maximum atomic E-state index is 13.1. The average molecular weight is 440 g/mol. The Labute approximate surface area is 182 Å². The fourth-order valence-corrected chi connectivity index (χ4v) is 6.25. The van der Waals surface area contributed by atoms with E-state index >= 15 is 0 Å². The second-order valence-corrected chi connectivity index (χ2v) is 10.4. The first-order valence-electron chi connectivity index (χ1n) is 10.7. The van der Waals surface area contributed by atoms with E-state index in [1.54, 1.807) is 12.1 Å². The number of rotatable bonds is 4. The second kappa shape index (κ2) is 7.85. The van der Waals surface area contributed by atoms with E-state index in [9.17, 15) is 18.0 Å². The Morgan fingerprint density at radius 2 is 1.42 bits per heavy atom.